The first-order chi connectivity index (χ1) is 9.28. The summed E-state index contributed by atoms with van der Waals surface area (Å²) in [7, 11) is 1.71. The monoisotopic (exact) mass is 259 g/mol. The van der Waals surface area contributed by atoms with Crippen LogP contribution < -0.4 is 10.5 Å². The van der Waals surface area contributed by atoms with Gasteiger partial charge in [0.05, 0.1) is 13.7 Å². The van der Waals surface area contributed by atoms with Gasteiger partial charge in [-0.2, -0.15) is 0 Å². The van der Waals surface area contributed by atoms with Gasteiger partial charge in [-0.05, 0) is 24.6 Å². The lowest BCUT2D eigenvalue weighted by Gasteiger charge is -2.12. The zero-order valence-electron chi connectivity index (χ0n) is 11.6. The van der Waals surface area contributed by atoms with Crippen molar-refractivity contribution in [3.05, 3.63) is 47.5 Å². The fourth-order valence-corrected chi connectivity index (χ4v) is 2.20. The minimum atomic E-state index is 0.614. The molecule has 0 radical (unpaired) electrons. The molecule has 0 saturated heterocycles. The van der Waals surface area contributed by atoms with Gasteiger partial charge in [-0.25, -0.2) is 4.98 Å². The second-order valence-electron chi connectivity index (χ2n) is 4.51. The number of ether oxygens (including phenoxy) is 1. The number of nitrogens with two attached hydrogens (primary N) is 1. The van der Waals surface area contributed by atoms with Crippen molar-refractivity contribution in [3.63, 3.8) is 0 Å². The molecule has 4 nitrogen and oxygen atoms in total. The molecule has 0 aliphatic rings. The summed E-state index contributed by atoms with van der Waals surface area (Å²) in [5.41, 5.74) is 8.10. The summed E-state index contributed by atoms with van der Waals surface area (Å²) in [5.74, 6) is 1.94. The molecule has 0 spiro atoms. The molecule has 0 aliphatic carbocycles. The maximum atomic E-state index is 5.61. The predicted octanol–water partition coefficient (Wildman–Crippen LogP) is 2.00. The first kappa shape index (κ1) is 13.6. The smallest absolute Gasteiger partial charge is 0.123 e. The molecule has 2 N–H and O–H groups in total. The topological polar surface area (TPSA) is 53.1 Å². The molecule has 1 heterocycles. The van der Waals surface area contributed by atoms with Crippen molar-refractivity contribution in [2.75, 3.05) is 13.7 Å². The van der Waals surface area contributed by atoms with E-state index in [-0.39, 0.29) is 0 Å². The highest BCUT2D eigenvalue weighted by Crippen LogP contribution is 2.21. The fraction of sp³-hybridized carbons (Fsp3) is 0.400. The molecular formula is C15H21N3O. The Morgan fingerprint density at radius 2 is 2.21 bits per heavy atom. The lowest BCUT2D eigenvalue weighted by molar-refractivity contribution is 0.408. The lowest BCUT2D eigenvalue weighted by atomic mass is 10.1. The van der Waals surface area contributed by atoms with Crippen LogP contribution in [0.25, 0.3) is 0 Å². The summed E-state index contributed by atoms with van der Waals surface area (Å²) >= 11 is 0. The van der Waals surface area contributed by atoms with Crippen LogP contribution in [0.2, 0.25) is 0 Å². The van der Waals surface area contributed by atoms with E-state index in [2.05, 4.69) is 28.6 Å². The Morgan fingerprint density at radius 1 is 1.37 bits per heavy atom. The van der Waals surface area contributed by atoms with Gasteiger partial charge in [0.15, 0.2) is 0 Å². The molecule has 0 aliphatic heterocycles. The molecule has 2 rings (SSSR count). The van der Waals surface area contributed by atoms with Crippen molar-refractivity contribution in [2.45, 2.75) is 26.3 Å². The Balaban J connectivity index is 2.28. The average Bonchev–Trinajstić information content (AvgIpc) is 2.86. The van der Waals surface area contributed by atoms with Crippen molar-refractivity contribution in [1.82, 2.24) is 9.55 Å². The van der Waals surface area contributed by atoms with Crippen LogP contribution in [-0.4, -0.2) is 23.2 Å². The predicted molar refractivity (Wildman–Crippen MR) is 76.5 cm³/mol. The molecule has 19 heavy (non-hydrogen) atoms. The zero-order chi connectivity index (χ0) is 13.7. The largest absolute Gasteiger partial charge is 0.496 e. The van der Waals surface area contributed by atoms with E-state index in [0.29, 0.717) is 6.54 Å². The molecule has 0 atom stereocenters. The van der Waals surface area contributed by atoms with E-state index in [0.717, 1.165) is 31.0 Å². The van der Waals surface area contributed by atoms with Crippen molar-refractivity contribution in [3.8, 4) is 5.75 Å². The van der Waals surface area contributed by atoms with E-state index in [9.17, 15) is 0 Å². The lowest BCUT2D eigenvalue weighted by Crippen LogP contribution is -2.11. The second kappa shape index (κ2) is 6.38. The molecule has 1 aromatic carbocycles. The summed E-state index contributed by atoms with van der Waals surface area (Å²) in [6, 6.07) is 6.34. The summed E-state index contributed by atoms with van der Waals surface area (Å²) in [4.78, 5) is 4.34. The zero-order valence-corrected chi connectivity index (χ0v) is 11.6. The van der Waals surface area contributed by atoms with Crippen molar-refractivity contribution in [2.24, 2.45) is 5.73 Å². The number of aromatic nitrogens is 2. The molecule has 0 bridgehead atoms. The molecular weight excluding hydrogens is 238 g/mol. The van der Waals surface area contributed by atoms with E-state index in [1.807, 2.05) is 18.5 Å². The van der Waals surface area contributed by atoms with E-state index in [1.54, 1.807) is 7.11 Å². The summed E-state index contributed by atoms with van der Waals surface area (Å²) in [6.45, 7) is 3.54. The van der Waals surface area contributed by atoms with E-state index < -0.39 is 0 Å². The number of benzene rings is 1. The molecule has 0 unspecified atom stereocenters. The normalized spacial score (nSPS) is 10.7. The van der Waals surface area contributed by atoms with Crippen molar-refractivity contribution in [1.29, 1.82) is 0 Å². The molecule has 2 aromatic rings. The molecule has 0 fully saturated rings. The maximum absolute atomic E-state index is 5.61. The Labute approximate surface area is 114 Å². The Kier molecular flexibility index (Phi) is 4.58. The second-order valence-corrected chi connectivity index (χ2v) is 4.51. The minimum absolute atomic E-state index is 0.614. The number of hydrogen-bond donors (Lipinski definition) is 1. The van der Waals surface area contributed by atoms with E-state index in [1.165, 1.54) is 11.1 Å². The highest BCUT2D eigenvalue weighted by atomic mass is 16.5. The summed E-state index contributed by atoms with van der Waals surface area (Å²) < 4.78 is 7.56. The number of nitrogens with zero attached hydrogens (tertiary/aromatic N) is 2. The van der Waals surface area contributed by atoms with Crippen LogP contribution in [0.3, 0.4) is 0 Å². The van der Waals surface area contributed by atoms with Crippen molar-refractivity contribution >= 4 is 0 Å². The van der Waals surface area contributed by atoms with Crippen LogP contribution in [0.1, 0.15) is 23.9 Å². The quantitative estimate of drug-likeness (QED) is 0.863. The fourth-order valence-electron chi connectivity index (χ4n) is 2.20. The first-order valence-corrected chi connectivity index (χ1v) is 6.64. The standard InChI is InChI=1S/C15H21N3O/c1-3-12-4-5-14(19-2)13(10-12)11-18-9-8-17-15(18)6-7-16/h4-5,8-10H,3,6-7,11,16H2,1-2H3. The summed E-state index contributed by atoms with van der Waals surface area (Å²) in [6.07, 6.45) is 5.63. The van der Waals surface area contributed by atoms with Crippen LogP contribution >= 0.6 is 0 Å². The Hall–Kier alpha value is -1.81. The Bertz CT molecular complexity index is 534. The van der Waals surface area contributed by atoms with E-state index >= 15 is 0 Å². The average molecular weight is 259 g/mol. The maximum Gasteiger partial charge on any atom is 0.123 e. The van der Waals surface area contributed by atoms with Crippen LogP contribution in [0.15, 0.2) is 30.6 Å². The third-order valence-electron chi connectivity index (χ3n) is 3.26. The first-order valence-electron chi connectivity index (χ1n) is 6.64. The van der Waals surface area contributed by atoms with Gasteiger partial charge in [0, 0.05) is 24.4 Å². The van der Waals surface area contributed by atoms with Gasteiger partial charge in [-0.3, -0.25) is 0 Å². The van der Waals surface area contributed by atoms with Gasteiger partial charge in [0.25, 0.3) is 0 Å². The summed E-state index contributed by atoms with van der Waals surface area (Å²) in [5, 5.41) is 0. The number of aryl methyl sites for hydroxylation is 1. The number of rotatable bonds is 6. The van der Waals surface area contributed by atoms with Gasteiger partial charge in [0.2, 0.25) is 0 Å². The van der Waals surface area contributed by atoms with Crippen LogP contribution in [-0.2, 0) is 19.4 Å². The molecule has 0 amide bonds. The highest BCUT2D eigenvalue weighted by molar-refractivity contribution is 5.37. The van der Waals surface area contributed by atoms with Crippen LogP contribution in [0.5, 0.6) is 5.75 Å². The van der Waals surface area contributed by atoms with Crippen LogP contribution in [0, 0.1) is 0 Å². The molecule has 0 saturated carbocycles. The number of imidazole rings is 1. The van der Waals surface area contributed by atoms with Crippen molar-refractivity contribution < 1.29 is 4.74 Å². The van der Waals surface area contributed by atoms with Gasteiger partial charge >= 0.3 is 0 Å². The highest BCUT2D eigenvalue weighted by Gasteiger charge is 2.08. The minimum Gasteiger partial charge on any atom is -0.496 e. The molecule has 102 valence electrons. The Morgan fingerprint density at radius 3 is 2.89 bits per heavy atom. The SMILES string of the molecule is CCc1ccc(OC)c(Cn2ccnc2CCN)c1. The number of hydrogen-bond acceptors (Lipinski definition) is 3. The van der Waals surface area contributed by atoms with Gasteiger partial charge in [0.1, 0.15) is 11.6 Å². The molecule has 1 aromatic heterocycles. The van der Waals surface area contributed by atoms with Gasteiger partial charge in [-0.15, -0.1) is 0 Å². The molecule has 4 heteroatoms. The van der Waals surface area contributed by atoms with Crippen LogP contribution in [0.4, 0.5) is 0 Å². The van der Waals surface area contributed by atoms with Gasteiger partial charge in [-0.1, -0.05) is 19.1 Å². The van der Waals surface area contributed by atoms with E-state index in [4.69, 9.17) is 10.5 Å². The van der Waals surface area contributed by atoms with Gasteiger partial charge < -0.3 is 15.0 Å². The third-order valence-corrected chi connectivity index (χ3v) is 3.26. The number of methoxy groups -OCH3 is 1. The third kappa shape index (κ3) is 3.15.